The van der Waals surface area contributed by atoms with Crippen molar-refractivity contribution in [2.24, 2.45) is 0 Å². The number of rotatable bonds is 0. The maximum atomic E-state index is 8.56. The van der Waals surface area contributed by atoms with Gasteiger partial charge < -0.3 is 10.2 Å². The molecule has 0 atom stereocenters. The molecule has 0 unspecified atom stereocenters. The molecule has 0 fully saturated rings. The fraction of sp³-hybridized carbons (Fsp3) is 0. The molecular weight excluding hydrogens is 156 g/mol. The molecule has 0 aliphatic carbocycles. The zero-order chi connectivity index (χ0) is 5.58. The second kappa shape index (κ2) is 8.89. The van der Waals surface area contributed by atoms with Crippen LogP contribution in [-0.2, 0) is 14.4 Å². The summed E-state index contributed by atoms with van der Waals surface area (Å²) in [6, 6.07) is 0. The molecule has 0 aromatic carbocycles. The van der Waals surface area contributed by atoms with E-state index in [-0.39, 0.29) is 0 Å². The van der Waals surface area contributed by atoms with Crippen LogP contribution < -0.4 is 0 Å². The van der Waals surface area contributed by atoms with Crippen molar-refractivity contribution in [1.82, 2.24) is 0 Å². The molecule has 0 amide bonds. The number of hydrogen-bond donors (Lipinski definition) is 2. The van der Waals surface area contributed by atoms with Gasteiger partial charge in [-0.15, -0.1) is 0 Å². The molecule has 0 bridgehead atoms. The molecule has 3 nitrogen and oxygen atoms in total. The Morgan fingerprint density at radius 1 is 1.50 bits per heavy atom. The van der Waals surface area contributed by atoms with E-state index in [1.165, 1.54) is 0 Å². The van der Waals surface area contributed by atoms with Crippen LogP contribution in [0.2, 0.25) is 0 Å². The first-order valence-corrected chi connectivity index (χ1v) is 2.17. The molecule has 0 saturated heterocycles. The van der Waals surface area contributed by atoms with Crippen LogP contribution >= 0.6 is 10.6 Å². The second-order valence-corrected chi connectivity index (χ2v) is 0.283. The third kappa shape index (κ3) is 404000. The van der Waals surface area contributed by atoms with E-state index in [1.807, 2.05) is 0 Å². The molecule has 0 heterocycles. The average Bonchev–Trinajstić information content (AvgIpc) is 1.41. The Hall–Kier alpha value is 0.00948. The molecule has 41 valence electrons. The van der Waals surface area contributed by atoms with Crippen molar-refractivity contribution in [3.05, 3.63) is 0 Å². The minimum atomic E-state index is -1.83. The van der Waals surface area contributed by atoms with Crippen molar-refractivity contribution in [3.63, 3.8) is 0 Å². The summed E-state index contributed by atoms with van der Waals surface area (Å²) < 4.78 is 0. The zero-order valence-corrected chi connectivity index (χ0v) is 4.27. The van der Waals surface area contributed by atoms with Crippen LogP contribution in [-0.4, -0.2) is 16.4 Å². The Morgan fingerprint density at radius 3 is 1.50 bits per heavy atom. The topological polar surface area (TPSA) is 57.5 Å². The summed E-state index contributed by atoms with van der Waals surface area (Å²) in [5.74, 6) is 0. The SMILES string of the molecule is O=C(O)O.[S]=[Cu]. The molecule has 0 aliphatic heterocycles. The van der Waals surface area contributed by atoms with E-state index in [2.05, 4.69) is 24.9 Å². The van der Waals surface area contributed by atoms with Crippen molar-refractivity contribution in [2.75, 3.05) is 0 Å². The summed E-state index contributed by atoms with van der Waals surface area (Å²) >= 11 is 3.77. The number of hydrogen-bond acceptors (Lipinski definition) is 2. The van der Waals surface area contributed by atoms with Gasteiger partial charge in [0.15, 0.2) is 0 Å². The Kier molecular flexibility index (Phi) is 13.9. The summed E-state index contributed by atoms with van der Waals surface area (Å²) in [6.45, 7) is 0. The minimum absolute atomic E-state index is 1.83. The first-order valence-electron chi connectivity index (χ1n) is 0.774. The molecule has 2 N–H and O–H groups in total. The van der Waals surface area contributed by atoms with Crippen LogP contribution in [0.3, 0.4) is 0 Å². The molecule has 0 aliphatic rings. The third-order valence-electron chi connectivity index (χ3n) is 0. The van der Waals surface area contributed by atoms with Gasteiger partial charge in [-0.3, -0.25) is 0 Å². The van der Waals surface area contributed by atoms with E-state index in [1.54, 1.807) is 0 Å². The average molecular weight is 158 g/mol. The molecular formula is CH2CuO3S. The first-order chi connectivity index (χ1) is 2.73. The predicted molar refractivity (Wildman–Crippen MR) is 18.2 cm³/mol. The van der Waals surface area contributed by atoms with Gasteiger partial charge in [0, 0.05) is 0 Å². The van der Waals surface area contributed by atoms with Gasteiger partial charge in [-0.05, 0) is 0 Å². The Bertz CT molecular complexity index is 42.1. The van der Waals surface area contributed by atoms with E-state index >= 15 is 0 Å². The standard InChI is InChI=1S/CH2O3.Cu.S/c2-1(3)4;;/h(H2,2,3,4);;. The van der Waals surface area contributed by atoms with Crippen molar-refractivity contribution >= 4 is 16.7 Å². The van der Waals surface area contributed by atoms with Gasteiger partial charge in [0.05, 0.1) is 0 Å². The summed E-state index contributed by atoms with van der Waals surface area (Å²) in [5, 5.41) is 13.9. The van der Waals surface area contributed by atoms with E-state index in [0.717, 1.165) is 0 Å². The summed E-state index contributed by atoms with van der Waals surface area (Å²) in [5.41, 5.74) is 0. The van der Waals surface area contributed by atoms with E-state index in [9.17, 15) is 0 Å². The van der Waals surface area contributed by atoms with Crippen molar-refractivity contribution in [3.8, 4) is 0 Å². The predicted octanol–water partition coefficient (Wildman–Crippen LogP) is 0.868. The van der Waals surface area contributed by atoms with Gasteiger partial charge in [-0.25, -0.2) is 4.79 Å². The van der Waals surface area contributed by atoms with Gasteiger partial charge in [-0.2, -0.15) is 0 Å². The van der Waals surface area contributed by atoms with Crippen molar-refractivity contribution in [1.29, 1.82) is 0 Å². The molecule has 6 heavy (non-hydrogen) atoms. The van der Waals surface area contributed by atoms with Gasteiger partial charge in [0.2, 0.25) is 0 Å². The first kappa shape index (κ1) is 9.38. The molecule has 0 aromatic heterocycles. The second-order valence-electron chi connectivity index (χ2n) is 0.283. The fourth-order valence-corrected chi connectivity index (χ4v) is 0. The van der Waals surface area contributed by atoms with E-state index < -0.39 is 6.16 Å². The monoisotopic (exact) mass is 157 g/mol. The molecule has 0 aromatic rings. The molecule has 0 rings (SSSR count). The van der Waals surface area contributed by atoms with Crippen LogP contribution in [0.5, 0.6) is 0 Å². The molecule has 0 radical (unpaired) electrons. The van der Waals surface area contributed by atoms with Crippen LogP contribution in [0.15, 0.2) is 0 Å². The summed E-state index contributed by atoms with van der Waals surface area (Å²) in [7, 11) is 3.65. The number of carboxylic acid groups (broad SMARTS) is 2. The summed E-state index contributed by atoms with van der Waals surface area (Å²) in [4.78, 5) is 8.56. The maximum absolute atomic E-state index is 8.56. The Balaban J connectivity index is 0. The van der Waals surface area contributed by atoms with Crippen LogP contribution in [0.25, 0.3) is 0 Å². The van der Waals surface area contributed by atoms with Crippen LogP contribution in [0.1, 0.15) is 0 Å². The van der Waals surface area contributed by atoms with Crippen molar-refractivity contribution < 1.29 is 29.4 Å². The Morgan fingerprint density at radius 2 is 1.50 bits per heavy atom. The van der Waals surface area contributed by atoms with Gasteiger partial charge in [0.25, 0.3) is 0 Å². The normalized spacial score (nSPS) is 5.00. The third-order valence-corrected chi connectivity index (χ3v) is 0. The van der Waals surface area contributed by atoms with Gasteiger partial charge in [-0.1, -0.05) is 0 Å². The van der Waals surface area contributed by atoms with Gasteiger partial charge in [0.1, 0.15) is 0 Å². The molecule has 0 saturated carbocycles. The van der Waals surface area contributed by atoms with E-state index in [0.29, 0.717) is 0 Å². The van der Waals surface area contributed by atoms with Crippen molar-refractivity contribution in [2.45, 2.75) is 0 Å². The quantitative estimate of drug-likeness (QED) is 0.513. The molecule has 0 spiro atoms. The fourth-order valence-electron chi connectivity index (χ4n) is 0. The van der Waals surface area contributed by atoms with Crippen LogP contribution in [0, 0.1) is 0 Å². The van der Waals surface area contributed by atoms with E-state index in [4.69, 9.17) is 15.0 Å². The summed E-state index contributed by atoms with van der Waals surface area (Å²) in [6.07, 6.45) is -1.83. The van der Waals surface area contributed by atoms with Gasteiger partial charge >= 0.3 is 31.1 Å². The van der Waals surface area contributed by atoms with Crippen LogP contribution in [0.4, 0.5) is 4.79 Å². The number of carbonyl (C=O) groups is 1. The molecule has 5 heteroatoms. The Labute approximate surface area is 46.6 Å². The zero-order valence-electron chi connectivity index (χ0n) is 2.51.